The number of hydrogen-bond donors (Lipinski definition) is 2. The molecule has 6 heteroatoms. The van der Waals surface area contributed by atoms with Crippen molar-refractivity contribution >= 4 is 5.95 Å². The van der Waals surface area contributed by atoms with Crippen molar-refractivity contribution in [1.29, 1.82) is 0 Å². The average molecular weight is 323 g/mol. The molecule has 0 saturated heterocycles. The van der Waals surface area contributed by atoms with E-state index in [-0.39, 0.29) is 6.61 Å². The Morgan fingerprint density at radius 3 is 2.75 bits per heavy atom. The molecule has 0 aliphatic rings. The smallest absolute Gasteiger partial charge is 0.223 e. The van der Waals surface area contributed by atoms with Gasteiger partial charge in [0.2, 0.25) is 5.95 Å². The molecule has 0 amide bonds. The van der Waals surface area contributed by atoms with E-state index in [4.69, 9.17) is 5.11 Å². The summed E-state index contributed by atoms with van der Waals surface area (Å²) in [6.45, 7) is 1.05. The van der Waals surface area contributed by atoms with E-state index in [0.29, 0.717) is 5.95 Å². The number of nitrogens with one attached hydrogen (secondary N) is 1. The molecule has 2 N–H and O–H groups in total. The third-order valence-electron chi connectivity index (χ3n) is 3.67. The number of unbranched alkanes of at least 4 members (excludes halogenated alkanes) is 2. The molecule has 0 unspecified atom stereocenters. The number of hydrogen-bond acceptors (Lipinski definition) is 5. The summed E-state index contributed by atoms with van der Waals surface area (Å²) >= 11 is 0. The van der Waals surface area contributed by atoms with Crippen LogP contribution in [0.5, 0.6) is 0 Å². The average Bonchev–Trinajstić information content (AvgIpc) is 3.13. The summed E-state index contributed by atoms with van der Waals surface area (Å²) in [5.41, 5.74) is 2.80. The Morgan fingerprint density at radius 2 is 1.92 bits per heavy atom. The Hall–Kier alpha value is -2.73. The van der Waals surface area contributed by atoms with Crippen molar-refractivity contribution in [3.63, 3.8) is 0 Å². The Morgan fingerprint density at radius 1 is 1.04 bits per heavy atom. The van der Waals surface area contributed by atoms with E-state index in [9.17, 15) is 0 Å². The second-order valence-electron chi connectivity index (χ2n) is 5.49. The van der Waals surface area contributed by atoms with Crippen LogP contribution in [0.3, 0.4) is 0 Å². The molecule has 3 rings (SSSR count). The summed E-state index contributed by atoms with van der Waals surface area (Å²) in [6.07, 6.45) is 8.33. The van der Waals surface area contributed by atoms with Crippen LogP contribution >= 0.6 is 0 Å². The van der Waals surface area contributed by atoms with E-state index < -0.39 is 0 Å². The maximum Gasteiger partial charge on any atom is 0.223 e. The molecule has 0 bridgehead atoms. The van der Waals surface area contributed by atoms with Crippen LogP contribution in [-0.4, -0.2) is 38.0 Å². The summed E-state index contributed by atoms with van der Waals surface area (Å²) in [6, 6.07) is 11.9. The molecular formula is C18H21N5O. The van der Waals surface area contributed by atoms with Gasteiger partial charge in [-0.3, -0.25) is 0 Å². The van der Waals surface area contributed by atoms with Gasteiger partial charge in [-0.2, -0.15) is 5.10 Å². The highest BCUT2D eigenvalue weighted by atomic mass is 16.2. The minimum Gasteiger partial charge on any atom is -0.396 e. The van der Waals surface area contributed by atoms with Gasteiger partial charge in [-0.05, 0) is 37.5 Å². The van der Waals surface area contributed by atoms with Crippen LogP contribution in [0.1, 0.15) is 19.3 Å². The van der Waals surface area contributed by atoms with E-state index in [0.717, 1.165) is 42.8 Å². The normalized spacial score (nSPS) is 10.7. The zero-order valence-corrected chi connectivity index (χ0v) is 13.5. The van der Waals surface area contributed by atoms with E-state index >= 15 is 0 Å². The lowest BCUT2D eigenvalue weighted by molar-refractivity contribution is 0.283. The minimum absolute atomic E-state index is 0.247. The topological polar surface area (TPSA) is 75.9 Å². The fourth-order valence-corrected chi connectivity index (χ4v) is 2.40. The quantitative estimate of drug-likeness (QED) is 0.623. The maximum atomic E-state index is 8.78. The van der Waals surface area contributed by atoms with Crippen molar-refractivity contribution in [3.8, 4) is 16.9 Å². The van der Waals surface area contributed by atoms with Crippen molar-refractivity contribution in [2.75, 3.05) is 18.5 Å². The van der Waals surface area contributed by atoms with Crippen molar-refractivity contribution in [2.45, 2.75) is 19.3 Å². The van der Waals surface area contributed by atoms with E-state index in [1.54, 1.807) is 12.4 Å². The zero-order valence-electron chi connectivity index (χ0n) is 13.5. The number of para-hydroxylation sites is 1. The van der Waals surface area contributed by atoms with Gasteiger partial charge in [-0.1, -0.05) is 18.2 Å². The second-order valence-corrected chi connectivity index (χ2v) is 5.49. The van der Waals surface area contributed by atoms with Gasteiger partial charge in [-0.15, -0.1) is 0 Å². The van der Waals surface area contributed by atoms with Crippen molar-refractivity contribution in [1.82, 2.24) is 19.7 Å². The van der Waals surface area contributed by atoms with E-state index in [2.05, 4.69) is 20.4 Å². The van der Waals surface area contributed by atoms with Crippen LogP contribution in [0.15, 0.2) is 55.0 Å². The minimum atomic E-state index is 0.247. The van der Waals surface area contributed by atoms with Crippen molar-refractivity contribution < 1.29 is 5.11 Å². The van der Waals surface area contributed by atoms with Crippen LogP contribution < -0.4 is 5.32 Å². The van der Waals surface area contributed by atoms with E-state index in [1.165, 1.54) is 0 Å². The molecule has 0 aliphatic heterocycles. The van der Waals surface area contributed by atoms with Gasteiger partial charge in [0.15, 0.2) is 0 Å². The molecule has 0 spiro atoms. The first-order valence-electron chi connectivity index (χ1n) is 8.15. The van der Waals surface area contributed by atoms with Crippen molar-refractivity contribution in [2.24, 2.45) is 0 Å². The first kappa shape index (κ1) is 16.1. The molecular weight excluding hydrogens is 302 g/mol. The molecule has 3 aromatic rings. The largest absolute Gasteiger partial charge is 0.396 e. The molecule has 1 aromatic carbocycles. The number of benzene rings is 1. The Labute approximate surface area is 141 Å². The van der Waals surface area contributed by atoms with Gasteiger partial charge in [-0.25, -0.2) is 14.6 Å². The van der Waals surface area contributed by atoms with Crippen molar-refractivity contribution in [3.05, 3.63) is 55.0 Å². The predicted molar refractivity (Wildman–Crippen MR) is 94.0 cm³/mol. The maximum absolute atomic E-state index is 8.78. The fourth-order valence-electron chi connectivity index (χ4n) is 2.40. The molecule has 0 saturated carbocycles. The molecule has 0 aliphatic carbocycles. The van der Waals surface area contributed by atoms with Crippen LogP contribution in [0.4, 0.5) is 5.95 Å². The Kier molecular flexibility index (Phi) is 5.52. The molecule has 0 fully saturated rings. The number of nitrogens with zero attached hydrogens (tertiary/aromatic N) is 4. The summed E-state index contributed by atoms with van der Waals surface area (Å²) in [7, 11) is 0. The van der Waals surface area contributed by atoms with Gasteiger partial charge in [0, 0.05) is 31.1 Å². The summed E-state index contributed by atoms with van der Waals surface area (Å²) < 4.78 is 1.83. The number of anilines is 1. The lowest BCUT2D eigenvalue weighted by atomic mass is 10.2. The molecule has 124 valence electrons. The van der Waals surface area contributed by atoms with Crippen LogP contribution in [0.25, 0.3) is 16.9 Å². The van der Waals surface area contributed by atoms with Crippen LogP contribution in [0.2, 0.25) is 0 Å². The summed E-state index contributed by atoms with van der Waals surface area (Å²) in [5, 5.41) is 16.4. The number of rotatable bonds is 8. The summed E-state index contributed by atoms with van der Waals surface area (Å²) in [5.74, 6) is 0.615. The van der Waals surface area contributed by atoms with Crippen LogP contribution in [0, 0.1) is 0 Å². The first-order valence-corrected chi connectivity index (χ1v) is 8.15. The van der Waals surface area contributed by atoms with Gasteiger partial charge in [0.1, 0.15) is 0 Å². The third kappa shape index (κ3) is 4.17. The first-order chi connectivity index (χ1) is 11.9. The standard InChI is InChI=1S/C18H21N5O/c24-12-6-2-5-10-19-18-20-11-9-17(22-18)15-13-21-23(14-15)16-7-3-1-4-8-16/h1,3-4,7-9,11,13-14,24H,2,5-6,10,12H2,(H,19,20,22). The van der Waals surface area contributed by atoms with Crippen LogP contribution in [-0.2, 0) is 0 Å². The highest BCUT2D eigenvalue weighted by molar-refractivity contribution is 5.58. The van der Waals surface area contributed by atoms with Gasteiger partial charge in [0.05, 0.1) is 17.6 Å². The number of aliphatic hydroxyl groups excluding tert-OH is 1. The highest BCUT2D eigenvalue weighted by Crippen LogP contribution is 2.18. The molecule has 0 atom stereocenters. The Balaban J connectivity index is 1.67. The Bertz CT molecular complexity index is 757. The molecule has 2 aromatic heterocycles. The molecule has 24 heavy (non-hydrogen) atoms. The predicted octanol–water partition coefficient (Wildman–Crippen LogP) is 2.90. The monoisotopic (exact) mass is 323 g/mol. The van der Waals surface area contributed by atoms with Gasteiger partial charge >= 0.3 is 0 Å². The third-order valence-corrected chi connectivity index (χ3v) is 3.67. The lowest BCUT2D eigenvalue weighted by Crippen LogP contribution is -2.05. The van der Waals surface area contributed by atoms with Gasteiger partial charge < -0.3 is 10.4 Å². The zero-order chi connectivity index (χ0) is 16.6. The molecule has 2 heterocycles. The molecule has 0 radical (unpaired) electrons. The highest BCUT2D eigenvalue weighted by Gasteiger charge is 2.06. The SMILES string of the molecule is OCCCCCNc1nccc(-c2cnn(-c3ccccc3)c2)n1. The summed E-state index contributed by atoms with van der Waals surface area (Å²) in [4.78, 5) is 8.79. The second kappa shape index (κ2) is 8.21. The van der Waals surface area contributed by atoms with E-state index in [1.807, 2.05) is 47.3 Å². The number of aliphatic hydroxyl groups is 1. The lowest BCUT2D eigenvalue weighted by Gasteiger charge is -2.05. The number of aromatic nitrogens is 4. The fraction of sp³-hybridized carbons (Fsp3) is 0.278. The molecule has 6 nitrogen and oxygen atoms in total. The van der Waals surface area contributed by atoms with Gasteiger partial charge in [0.25, 0.3) is 0 Å².